The first-order valence-corrected chi connectivity index (χ1v) is 16.0. The van der Waals surface area contributed by atoms with Gasteiger partial charge in [0.15, 0.2) is 0 Å². The highest BCUT2D eigenvalue weighted by Gasteiger charge is 2.33. The molecule has 2 aromatic rings. The molecule has 0 spiro atoms. The lowest BCUT2D eigenvalue weighted by atomic mass is 9.96. The van der Waals surface area contributed by atoms with Crippen molar-refractivity contribution in [1.29, 1.82) is 0 Å². The Bertz CT molecular complexity index is 1360. The number of carbonyl (C=O) groups excluding carboxylic acids is 3. The Morgan fingerprint density at radius 1 is 0.949 bits per heavy atom. The van der Waals surface area contributed by atoms with Gasteiger partial charge in [-0.05, 0) is 61.9 Å². The standard InChI is InChI=1S/C28H36N4O5S2/c1-19(33)32-17-14-23-24(18-32)38-27(25(23)28(35)31-15-6-7-16-31)29-26(34)20-10-12-22(13-11-20)39(36,37)30(2)21-8-4-3-5-9-21/h10-13,21H,3-9,14-18H2,1-2H3,(H,29,34). The third-order valence-electron chi connectivity index (χ3n) is 8.22. The molecule has 3 heterocycles. The van der Waals surface area contributed by atoms with Crippen LogP contribution in [0.4, 0.5) is 5.00 Å². The number of likely N-dealkylation sites (tertiary alicyclic amines) is 1. The maximum Gasteiger partial charge on any atom is 0.257 e. The minimum Gasteiger partial charge on any atom is -0.339 e. The summed E-state index contributed by atoms with van der Waals surface area (Å²) < 4.78 is 27.9. The van der Waals surface area contributed by atoms with Crippen molar-refractivity contribution in [2.45, 2.75) is 75.8 Å². The fraction of sp³-hybridized carbons (Fsp3) is 0.536. The third kappa shape index (κ3) is 5.62. The molecule has 210 valence electrons. The highest BCUT2D eigenvalue weighted by atomic mass is 32.2. The molecule has 0 atom stereocenters. The second-order valence-corrected chi connectivity index (χ2v) is 13.8. The zero-order chi connectivity index (χ0) is 27.7. The number of anilines is 1. The molecular weight excluding hydrogens is 536 g/mol. The predicted octanol–water partition coefficient (Wildman–Crippen LogP) is 4.09. The summed E-state index contributed by atoms with van der Waals surface area (Å²) in [6.45, 7) is 3.89. The summed E-state index contributed by atoms with van der Waals surface area (Å²) in [5.41, 5.74) is 1.75. The van der Waals surface area contributed by atoms with Gasteiger partial charge >= 0.3 is 0 Å². The number of rotatable bonds is 6. The first-order chi connectivity index (χ1) is 18.7. The molecule has 3 aliphatic rings. The molecule has 5 rings (SSSR count). The van der Waals surface area contributed by atoms with Gasteiger partial charge in [0.1, 0.15) is 5.00 Å². The van der Waals surface area contributed by atoms with Crippen molar-refractivity contribution >= 4 is 44.1 Å². The van der Waals surface area contributed by atoms with Crippen LogP contribution in [0.15, 0.2) is 29.2 Å². The number of hydrogen-bond donors (Lipinski definition) is 1. The first-order valence-electron chi connectivity index (χ1n) is 13.8. The Kier molecular flexibility index (Phi) is 8.11. The quantitative estimate of drug-likeness (QED) is 0.561. The number of nitrogens with one attached hydrogen (secondary N) is 1. The molecule has 39 heavy (non-hydrogen) atoms. The number of hydrogen-bond acceptors (Lipinski definition) is 6. The highest BCUT2D eigenvalue weighted by Crippen LogP contribution is 2.39. The van der Waals surface area contributed by atoms with Gasteiger partial charge in [0, 0.05) is 50.1 Å². The molecule has 9 nitrogen and oxygen atoms in total. The molecule has 0 unspecified atom stereocenters. The minimum absolute atomic E-state index is 0.00192. The Hall–Kier alpha value is -2.76. The second kappa shape index (κ2) is 11.4. The van der Waals surface area contributed by atoms with Crippen molar-refractivity contribution < 1.29 is 22.8 Å². The van der Waals surface area contributed by atoms with Gasteiger partial charge in [0.2, 0.25) is 15.9 Å². The van der Waals surface area contributed by atoms with E-state index in [0.717, 1.165) is 55.4 Å². The molecule has 3 amide bonds. The van der Waals surface area contributed by atoms with E-state index in [1.807, 2.05) is 4.90 Å². The topological polar surface area (TPSA) is 107 Å². The number of nitrogens with zero attached hydrogens (tertiary/aromatic N) is 3. The number of sulfonamides is 1. The van der Waals surface area contributed by atoms with E-state index in [1.165, 1.54) is 46.8 Å². The van der Waals surface area contributed by atoms with E-state index < -0.39 is 15.9 Å². The summed E-state index contributed by atoms with van der Waals surface area (Å²) in [6.07, 6.45) is 7.42. The third-order valence-corrected chi connectivity index (χ3v) is 11.3. The van der Waals surface area contributed by atoms with Crippen LogP contribution in [0.5, 0.6) is 0 Å². The molecule has 1 aromatic carbocycles. The average Bonchev–Trinajstić information content (AvgIpc) is 3.60. The Balaban J connectivity index is 1.37. The molecule has 2 aliphatic heterocycles. The van der Waals surface area contributed by atoms with Crippen LogP contribution < -0.4 is 5.32 Å². The monoisotopic (exact) mass is 572 g/mol. The van der Waals surface area contributed by atoms with Crippen LogP contribution in [0.2, 0.25) is 0 Å². The van der Waals surface area contributed by atoms with Crippen molar-refractivity contribution in [3.05, 3.63) is 45.8 Å². The number of amides is 3. The number of thiophene rings is 1. The fourth-order valence-electron chi connectivity index (χ4n) is 5.83. The first kappa shape index (κ1) is 27.8. The Morgan fingerprint density at radius 2 is 1.62 bits per heavy atom. The number of carbonyl (C=O) groups is 3. The van der Waals surface area contributed by atoms with Gasteiger partial charge in [-0.1, -0.05) is 19.3 Å². The lowest BCUT2D eigenvalue weighted by Gasteiger charge is -2.30. The molecule has 11 heteroatoms. The van der Waals surface area contributed by atoms with E-state index in [4.69, 9.17) is 0 Å². The van der Waals surface area contributed by atoms with Gasteiger partial charge in [0.05, 0.1) is 17.0 Å². The molecule has 1 aromatic heterocycles. The molecular formula is C28H36N4O5S2. The average molecular weight is 573 g/mol. The Labute approximate surface area is 234 Å². The number of fused-ring (bicyclic) bond motifs is 1. The molecule has 1 saturated heterocycles. The molecule has 2 fully saturated rings. The molecule has 1 saturated carbocycles. The normalized spacial score (nSPS) is 18.3. The largest absolute Gasteiger partial charge is 0.339 e. The molecule has 0 bridgehead atoms. The molecule has 1 N–H and O–H groups in total. The summed E-state index contributed by atoms with van der Waals surface area (Å²) in [4.78, 5) is 43.4. The van der Waals surface area contributed by atoms with Gasteiger partial charge in [-0.15, -0.1) is 11.3 Å². The van der Waals surface area contributed by atoms with Gasteiger partial charge in [-0.2, -0.15) is 4.31 Å². The van der Waals surface area contributed by atoms with Crippen molar-refractivity contribution in [2.24, 2.45) is 0 Å². The van der Waals surface area contributed by atoms with Gasteiger partial charge in [-0.3, -0.25) is 14.4 Å². The number of benzene rings is 1. The van der Waals surface area contributed by atoms with Gasteiger partial charge < -0.3 is 15.1 Å². The summed E-state index contributed by atoms with van der Waals surface area (Å²) in [7, 11) is -2.02. The summed E-state index contributed by atoms with van der Waals surface area (Å²) in [6, 6.07) is 5.99. The van der Waals surface area contributed by atoms with Gasteiger partial charge in [-0.25, -0.2) is 8.42 Å². The minimum atomic E-state index is -3.66. The van der Waals surface area contributed by atoms with Crippen LogP contribution in [-0.4, -0.2) is 73.0 Å². The SMILES string of the molecule is CC(=O)N1CCc2c(sc(NC(=O)c3ccc(S(=O)(=O)N(C)C4CCCCC4)cc3)c2C(=O)N2CCCC2)C1. The summed E-state index contributed by atoms with van der Waals surface area (Å²) in [5.74, 6) is -0.503. The van der Waals surface area contributed by atoms with Crippen LogP contribution in [-0.2, 0) is 27.8 Å². The van der Waals surface area contributed by atoms with E-state index in [0.29, 0.717) is 48.7 Å². The lowest BCUT2D eigenvalue weighted by molar-refractivity contribution is -0.129. The maximum atomic E-state index is 13.5. The van der Waals surface area contributed by atoms with E-state index in [9.17, 15) is 22.8 Å². The molecule has 0 radical (unpaired) electrons. The van der Waals surface area contributed by atoms with E-state index in [1.54, 1.807) is 11.9 Å². The predicted molar refractivity (Wildman–Crippen MR) is 150 cm³/mol. The Morgan fingerprint density at radius 3 is 2.26 bits per heavy atom. The molecule has 1 aliphatic carbocycles. The van der Waals surface area contributed by atoms with Crippen molar-refractivity contribution in [2.75, 3.05) is 32.0 Å². The van der Waals surface area contributed by atoms with Crippen molar-refractivity contribution in [1.82, 2.24) is 14.1 Å². The summed E-state index contributed by atoms with van der Waals surface area (Å²) >= 11 is 1.34. The van der Waals surface area contributed by atoms with E-state index >= 15 is 0 Å². The fourth-order valence-corrected chi connectivity index (χ4v) is 8.49. The van der Waals surface area contributed by atoms with Gasteiger partial charge in [0.25, 0.3) is 11.8 Å². The lowest BCUT2D eigenvalue weighted by Crippen LogP contribution is -2.38. The van der Waals surface area contributed by atoms with Crippen LogP contribution in [0.1, 0.15) is 83.0 Å². The second-order valence-electron chi connectivity index (χ2n) is 10.7. The smallest absolute Gasteiger partial charge is 0.257 e. The van der Waals surface area contributed by atoms with Crippen molar-refractivity contribution in [3.63, 3.8) is 0 Å². The van der Waals surface area contributed by atoms with E-state index in [-0.39, 0.29) is 22.8 Å². The zero-order valence-corrected chi connectivity index (χ0v) is 24.2. The van der Waals surface area contributed by atoms with Crippen molar-refractivity contribution in [3.8, 4) is 0 Å². The highest BCUT2D eigenvalue weighted by molar-refractivity contribution is 7.89. The van der Waals surface area contributed by atoms with E-state index in [2.05, 4.69) is 5.32 Å². The summed E-state index contributed by atoms with van der Waals surface area (Å²) in [5, 5.41) is 3.42. The maximum absolute atomic E-state index is 13.5. The van der Waals surface area contributed by atoms with Crippen LogP contribution in [0, 0.1) is 0 Å². The zero-order valence-electron chi connectivity index (χ0n) is 22.6. The van der Waals surface area contributed by atoms with Crippen LogP contribution in [0.25, 0.3) is 0 Å². The van der Waals surface area contributed by atoms with Crippen LogP contribution in [0.3, 0.4) is 0 Å². The van der Waals surface area contributed by atoms with Crippen LogP contribution >= 0.6 is 11.3 Å².